The molecular weight excluding hydrogens is 262 g/mol. The lowest BCUT2D eigenvalue weighted by molar-refractivity contribution is -0.136. The molecule has 0 aromatic carbocycles. The third kappa shape index (κ3) is 3.08. The van der Waals surface area contributed by atoms with Gasteiger partial charge >= 0.3 is 0 Å². The molecule has 1 amide bonds. The molecule has 4 heteroatoms. The zero-order chi connectivity index (χ0) is 13.2. The lowest BCUT2D eigenvalue weighted by Gasteiger charge is -2.37. The largest absolute Gasteiger partial charge is 0.378 e. The van der Waals surface area contributed by atoms with E-state index in [-0.39, 0.29) is 5.38 Å². The molecule has 19 heavy (non-hydrogen) atoms. The lowest BCUT2D eigenvalue weighted by Crippen LogP contribution is -2.47. The molecule has 3 fully saturated rings. The Bertz CT molecular complexity index is 316. The monoisotopic (exact) mass is 285 g/mol. The molecule has 0 aliphatic carbocycles. The van der Waals surface area contributed by atoms with E-state index in [9.17, 15) is 4.79 Å². The van der Waals surface area contributed by atoms with Crippen LogP contribution in [0.25, 0.3) is 0 Å². The summed E-state index contributed by atoms with van der Waals surface area (Å²) in [5.41, 5.74) is 0. The van der Waals surface area contributed by atoms with Crippen molar-refractivity contribution in [2.24, 2.45) is 0 Å². The molecule has 3 aliphatic rings. The van der Waals surface area contributed by atoms with Crippen LogP contribution in [0.3, 0.4) is 0 Å². The maximum Gasteiger partial charge on any atom is 0.223 e. The third-order valence-electron chi connectivity index (χ3n) is 4.92. The van der Waals surface area contributed by atoms with Crippen LogP contribution < -0.4 is 0 Å². The first-order valence-corrected chi connectivity index (χ1v) is 8.24. The van der Waals surface area contributed by atoms with Gasteiger partial charge in [0.2, 0.25) is 5.91 Å². The van der Waals surface area contributed by atoms with Gasteiger partial charge < -0.3 is 9.64 Å². The molecule has 2 bridgehead atoms. The number of halogens is 1. The van der Waals surface area contributed by atoms with E-state index in [4.69, 9.17) is 16.3 Å². The van der Waals surface area contributed by atoms with Gasteiger partial charge in [-0.15, -0.1) is 11.6 Å². The summed E-state index contributed by atoms with van der Waals surface area (Å²) in [7, 11) is 0. The fourth-order valence-electron chi connectivity index (χ4n) is 3.97. The van der Waals surface area contributed by atoms with Gasteiger partial charge in [0.1, 0.15) is 0 Å². The Morgan fingerprint density at radius 1 is 1.16 bits per heavy atom. The van der Waals surface area contributed by atoms with Gasteiger partial charge in [-0.3, -0.25) is 4.79 Å². The Balaban J connectivity index is 1.50. The van der Waals surface area contributed by atoms with Crippen molar-refractivity contribution in [3.8, 4) is 0 Å². The summed E-state index contributed by atoms with van der Waals surface area (Å²) in [4.78, 5) is 14.6. The summed E-state index contributed by atoms with van der Waals surface area (Å²) in [5.74, 6) is 0.338. The highest BCUT2D eigenvalue weighted by Crippen LogP contribution is 2.38. The van der Waals surface area contributed by atoms with E-state index in [0.717, 1.165) is 45.1 Å². The molecule has 3 aliphatic heterocycles. The number of hydrogen-bond donors (Lipinski definition) is 0. The van der Waals surface area contributed by atoms with Gasteiger partial charge in [-0.05, 0) is 51.4 Å². The number of hydrogen-bond acceptors (Lipinski definition) is 2. The van der Waals surface area contributed by atoms with Crippen molar-refractivity contribution in [3.05, 3.63) is 0 Å². The van der Waals surface area contributed by atoms with E-state index in [1.54, 1.807) is 0 Å². The van der Waals surface area contributed by atoms with Crippen LogP contribution in [-0.4, -0.2) is 41.0 Å². The summed E-state index contributed by atoms with van der Waals surface area (Å²) in [6, 6.07) is 0.835. The summed E-state index contributed by atoms with van der Waals surface area (Å²) in [5, 5.41) is 0.281. The molecule has 3 heterocycles. The average Bonchev–Trinajstić information content (AvgIpc) is 2.70. The van der Waals surface area contributed by atoms with Crippen LogP contribution in [0.4, 0.5) is 0 Å². The van der Waals surface area contributed by atoms with E-state index < -0.39 is 0 Å². The first kappa shape index (κ1) is 13.7. The molecule has 3 nitrogen and oxygen atoms in total. The van der Waals surface area contributed by atoms with Crippen molar-refractivity contribution < 1.29 is 9.53 Å². The summed E-state index contributed by atoms with van der Waals surface area (Å²) in [6.45, 7) is 0.877. The van der Waals surface area contributed by atoms with E-state index in [2.05, 4.69) is 4.90 Å². The maximum absolute atomic E-state index is 12.4. The van der Waals surface area contributed by atoms with E-state index >= 15 is 0 Å². The zero-order valence-corrected chi connectivity index (χ0v) is 12.3. The van der Waals surface area contributed by atoms with Gasteiger partial charge in [0.15, 0.2) is 0 Å². The minimum Gasteiger partial charge on any atom is -0.378 e. The first-order valence-electron chi connectivity index (χ1n) is 7.81. The predicted molar refractivity (Wildman–Crippen MR) is 75.4 cm³/mol. The quantitative estimate of drug-likeness (QED) is 0.746. The fraction of sp³-hybridized carbons (Fsp3) is 0.933. The van der Waals surface area contributed by atoms with Crippen LogP contribution in [-0.2, 0) is 9.53 Å². The smallest absolute Gasteiger partial charge is 0.223 e. The SMILES string of the molecule is O=C(CCC1CCCCO1)N1C2CCC1CC(Cl)C2. The second-order valence-corrected chi connectivity index (χ2v) is 6.90. The number of carbonyl (C=O) groups excluding carboxylic acids is 1. The van der Waals surface area contributed by atoms with Crippen LogP contribution in [0.1, 0.15) is 57.8 Å². The molecule has 0 N–H and O–H groups in total. The van der Waals surface area contributed by atoms with E-state index in [1.165, 1.54) is 12.8 Å². The first-order chi connectivity index (χ1) is 9.24. The number of alkyl halides is 1. The van der Waals surface area contributed by atoms with Crippen LogP contribution >= 0.6 is 11.6 Å². The van der Waals surface area contributed by atoms with Crippen LogP contribution in [0.2, 0.25) is 0 Å². The highest BCUT2D eigenvalue weighted by Gasteiger charge is 2.42. The zero-order valence-electron chi connectivity index (χ0n) is 11.5. The van der Waals surface area contributed by atoms with Crippen LogP contribution in [0, 0.1) is 0 Å². The molecule has 0 aromatic rings. The van der Waals surface area contributed by atoms with Gasteiger partial charge in [-0.25, -0.2) is 0 Å². The van der Waals surface area contributed by atoms with Crippen molar-refractivity contribution in [2.45, 2.75) is 81.4 Å². The van der Waals surface area contributed by atoms with Crippen LogP contribution in [0.15, 0.2) is 0 Å². The third-order valence-corrected chi connectivity index (χ3v) is 5.27. The standard InChI is InChI=1S/C15H24ClNO2/c16-11-9-12-4-5-13(10-11)17(12)15(18)7-6-14-3-1-2-8-19-14/h11-14H,1-10H2. The molecule has 108 valence electrons. The molecule has 3 unspecified atom stereocenters. The number of carbonyl (C=O) groups is 1. The molecule has 0 spiro atoms. The lowest BCUT2D eigenvalue weighted by atomic mass is 10.00. The number of ether oxygens (including phenoxy) is 1. The van der Waals surface area contributed by atoms with E-state index in [1.807, 2.05) is 0 Å². The molecule has 3 atom stereocenters. The Morgan fingerprint density at radius 3 is 2.53 bits per heavy atom. The highest BCUT2D eigenvalue weighted by atomic mass is 35.5. The topological polar surface area (TPSA) is 29.5 Å². The molecule has 0 radical (unpaired) electrons. The van der Waals surface area contributed by atoms with Crippen molar-refractivity contribution in [1.82, 2.24) is 4.90 Å². The number of fused-ring (bicyclic) bond motifs is 2. The second kappa shape index (κ2) is 6.01. The van der Waals surface area contributed by atoms with Crippen molar-refractivity contribution in [3.63, 3.8) is 0 Å². The number of amides is 1. The van der Waals surface area contributed by atoms with Crippen molar-refractivity contribution in [1.29, 1.82) is 0 Å². The van der Waals surface area contributed by atoms with Gasteiger partial charge in [0.25, 0.3) is 0 Å². The van der Waals surface area contributed by atoms with Gasteiger partial charge in [0, 0.05) is 30.5 Å². The van der Waals surface area contributed by atoms with Gasteiger partial charge in [-0.1, -0.05) is 0 Å². The fourth-order valence-corrected chi connectivity index (χ4v) is 4.38. The Labute approximate surface area is 120 Å². The normalized spacial score (nSPS) is 38.5. The Morgan fingerprint density at radius 2 is 1.89 bits per heavy atom. The predicted octanol–water partition coefficient (Wildman–Crippen LogP) is 3.10. The number of piperidine rings is 1. The average molecular weight is 286 g/mol. The minimum atomic E-state index is 0.281. The summed E-state index contributed by atoms with van der Waals surface area (Å²) in [6.07, 6.45) is 9.72. The highest BCUT2D eigenvalue weighted by molar-refractivity contribution is 6.20. The summed E-state index contributed by atoms with van der Waals surface area (Å²) < 4.78 is 5.71. The van der Waals surface area contributed by atoms with Crippen molar-refractivity contribution in [2.75, 3.05) is 6.61 Å². The maximum atomic E-state index is 12.4. The molecule has 0 saturated carbocycles. The molecule has 3 saturated heterocycles. The molecular formula is C15H24ClNO2. The minimum absolute atomic E-state index is 0.281. The molecule has 3 rings (SSSR count). The summed E-state index contributed by atoms with van der Waals surface area (Å²) >= 11 is 6.26. The Kier molecular flexibility index (Phi) is 4.33. The van der Waals surface area contributed by atoms with Crippen LogP contribution in [0.5, 0.6) is 0 Å². The number of nitrogens with zero attached hydrogens (tertiary/aromatic N) is 1. The van der Waals surface area contributed by atoms with Gasteiger partial charge in [-0.2, -0.15) is 0 Å². The van der Waals surface area contributed by atoms with Crippen molar-refractivity contribution >= 4 is 17.5 Å². The van der Waals surface area contributed by atoms with Gasteiger partial charge in [0.05, 0.1) is 6.10 Å². The van der Waals surface area contributed by atoms with E-state index in [0.29, 0.717) is 30.5 Å². The molecule has 0 aromatic heterocycles. The second-order valence-electron chi connectivity index (χ2n) is 6.28. The number of rotatable bonds is 3. The Hall–Kier alpha value is -0.280.